The number of anilines is 1. The van der Waals surface area contributed by atoms with Gasteiger partial charge in [0.15, 0.2) is 5.82 Å². The van der Waals surface area contributed by atoms with E-state index in [4.69, 9.17) is 16.0 Å². The van der Waals surface area contributed by atoms with Crippen LogP contribution < -0.4 is 10.9 Å². The van der Waals surface area contributed by atoms with Crippen molar-refractivity contribution in [1.29, 1.82) is 0 Å². The van der Waals surface area contributed by atoms with Crippen molar-refractivity contribution in [2.75, 3.05) is 5.32 Å². The van der Waals surface area contributed by atoms with E-state index in [1.807, 2.05) is 0 Å². The molecule has 0 saturated heterocycles. The van der Waals surface area contributed by atoms with E-state index in [1.54, 1.807) is 49.4 Å². The molecule has 5 aromatic rings. The van der Waals surface area contributed by atoms with E-state index in [0.29, 0.717) is 38.5 Å². The highest BCUT2D eigenvalue weighted by atomic mass is 35.5. The maximum absolute atomic E-state index is 13.5. The van der Waals surface area contributed by atoms with E-state index in [0.717, 1.165) is 12.1 Å². The van der Waals surface area contributed by atoms with Crippen LogP contribution in [-0.2, 0) is 17.4 Å². The third-order valence-electron chi connectivity index (χ3n) is 6.14. The number of amides is 1. The molecule has 1 amide bonds. The highest BCUT2D eigenvalue weighted by molar-refractivity contribution is 6.32. The largest absolute Gasteiger partial charge is 0.422 e. The number of tetrazole rings is 1. The Labute approximate surface area is 233 Å². The molecule has 0 atom stereocenters. The highest BCUT2D eigenvalue weighted by Crippen LogP contribution is 2.37. The zero-order valence-corrected chi connectivity index (χ0v) is 21.8. The molecule has 0 bridgehead atoms. The summed E-state index contributed by atoms with van der Waals surface area (Å²) in [6.45, 7) is 1.75. The molecule has 3 aromatic carbocycles. The molecule has 13 heteroatoms. The van der Waals surface area contributed by atoms with E-state index in [2.05, 4.69) is 25.9 Å². The van der Waals surface area contributed by atoms with Gasteiger partial charge in [-0.1, -0.05) is 35.9 Å². The molecular weight excluding hydrogens is 566 g/mol. The van der Waals surface area contributed by atoms with E-state index in [9.17, 15) is 27.2 Å². The lowest BCUT2D eigenvalue weighted by molar-refractivity contribution is -0.137. The minimum absolute atomic E-state index is 0.0910. The molecule has 208 valence electrons. The summed E-state index contributed by atoms with van der Waals surface area (Å²) < 4.78 is 59.4. The molecule has 0 fully saturated rings. The molecule has 2 aromatic heterocycles. The van der Waals surface area contributed by atoms with Crippen molar-refractivity contribution in [1.82, 2.24) is 20.6 Å². The molecule has 0 unspecified atom stereocenters. The summed E-state index contributed by atoms with van der Waals surface area (Å²) in [7, 11) is 0. The van der Waals surface area contributed by atoms with Gasteiger partial charge in [-0.25, -0.2) is 9.18 Å². The molecule has 0 aliphatic carbocycles. The summed E-state index contributed by atoms with van der Waals surface area (Å²) >= 11 is 6.26. The Balaban J connectivity index is 1.60. The first-order chi connectivity index (χ1) is 19.5. The zero-order chi connectivity index (χ0) is 29.3. The average Bonchev–Trinajstić information content (AvgIpc) is 3.44. The molecule has 41 heavy (non-hydrogen) atoms. The van der Waals surface area contributed by atoms with Gasteiger partial charge in [0, 0.05) is 22.0 Å². The monoisotopic (exact) mass is 583 g/mol. The van der Waals surface area contributed by atoms with Crippen LogP contribution in [0.2, 0.25) is 5.02 Å². The number of nitrogens with zero attached hydrogens (tertiary/aromatic N) is 3. The number of aromatic amines is 1. The first kappa shape index (κ1) is 27.7. The SMILES string of the molecule is Cc1cc2c(-c3cccc(C=Cc4nn[nH]n4)c3)c(CC(=O)Nc3ccc(F)cc3C(F)(F)F)c(=O)oc2cc1Cl. The van der Waals surface area contributed by atoms with Gasteiger partial charge in [-0.05, 0) is 65.2 Å². The van der Waals surface area contributed by atoms with Crippen molar-refractivity contribution in [3.05, 3.63) is 104 Å². The maximum atomic E-state index is 13.5. The van der Waals surface area contributed by atoms with Crippen molar-refractivity contribution in [3.8, 4) is 11.1 Å². The first-order valence-electron chi connectivity index (χ1n) is 11.9. The minimum atomic E-state index is -4.93. The van der Waals surface area contributed by atoms with Crippen LogP contribution in [0.15, 0.2) is 63.8 Å². The van der Waals surface area contributed by atoms with E-state index in [-0.39, 0.29) is 17.2 Å². The van der Waals surface area contributed by atoms with E-state index >= 15 is 0 Å². The predicted octanol–water partition coefficient (Wildman–Crippen LogP) is 6.44. The number of fused-ring (bicyclic) bond motifs is 1. The first-order valence-corrected chi connectivity index (χ1v) is 12.3. The van der Waals surface area contributed by atoms with Gasteiger partial charge in [-0.2, -0.15) is 18.4 Å². The van der Waals surface area contributed by atoms with Crippen LogP contribution in [0, 0.1) is 12.7 Å². The molecule has 8 nitrogen and oxygen atoms in total. The van der Waals surface area contributed by atoms with Gasteiger partial charge in [0.2, 0.25) is 5.91 Å². The molecule has 5 rings (SSSR count). The number of hydrogen-bond donors (Lipinski definition) is 2. The number of alkyl halides is 3. The Kier molecular flexibility index (Phi) is 7.41. The fourth-order valence-electron chi connectivity index (χ4n) is 4.28. The second-order valence-electron chi connectivity index (χ2n) is 8.98. The molecule has 0 aliphatic rings. The lowest BCUT2D eigenvalue weighted by atomic mass is 9.93. The number of rotatable bonds is 6. The van der Waals surface area contributed by atoms with Gasteiger partial charge in [0.05, 0.1) is 23.2 Å². The van der Waals surface area contributed by atoms with Crippen LogP contribution in [0.3, 0.4) is 0 Å². The second-order valence-corrected chi connectivity index (χ2v) is 9.39. The van der Waals surface area contributed by atoms with Crippen LogP contribution in [0.1, 0.15) is 28.1 Å². The van der Waals surface area contributed by atoms with Crippen molar-refractivity contribution >= 4 is 46.3 Å². The molecule has 2 heterocycles. The lowest BCUT2D eigenvalue weighted by Crippen LogP contribution is -2.22. The van der Waals surface area contributed by atoms with Crippen LogP contribution in [-0.4, -0.2) is 26.5 Å². The summed E-state index contributed by atoms with van der Waals surface area (Å²) in [4.78, 5) is 26.2. The third kappa shape index (κ3) is 6.02. The topological polar surface area (TPSA) is 114 Å². The average molecular weight is 584 g/mol. The number of nitrogens with one attached hydrogen (secondary N) is 2. The van der Waals surface area contributed by atoms with Gasteiger partial charge in [0.1, 0.15) is 11.4 Å². The van der Waals surface area contributed by atoms with Crippen molar-refractivity contribution in [2.24, 2.45) is 0 Å². The summed E-state index contributed by atoms with van der Waals surface area (Å²) in [6, 6.07) is 12.0. The number of hydrogen-bond acceptors (Lipinski definition) is 6. The van der Waals surface area contributed by atoms with Crippen LogP contribution in [0.5, 0.6) is 0 Å². The highest BCUT2D eigenvalue weighted by Gasteiger charge is 2.34. The van der Waals surface area contributed by atoms with Crippen molar-refractivity contribution < 1.29 is 26.8 Å². The standard InChI is InChI=1S/C28H18ClF4N5O3/c1-14-9-18-23(13-21(14)29)41-27(40)19(12-25(39)34-22-7-6-17(30)11-20(22)28(31,32)33)26(18)16-4-2-3-15(10-16)5-8-24-35-37-38-36-24/h2-11,13H,12H2,1H3,(H,34,39)(H,35,36,37,38). The van der Waals surface area contributed by atoms with E-state index in [1.165, 1.54) is 6.07 Å². The molecule has 0 saturated carbocycles. The Hall–Kier alpha value is -4.84. The van der Waals surface area contributed by atoms with Crippen molar-refractivity contribution in [3.63, 3.8) is 0 Å². The van der Waals surface area contributed by atoms with Crippen molar-refractivity contribution in [2.45, 2.75) is 19.5 Å². The zero-order valence-electron chi connectivity index (χ0n) is 21.0. The van der Waals surface area contributed by atoms with Gasteiger partial charge in [-0.3, -0.25) is 4.79 Å². The second kappa shape index (κ2) is 11.0. The summed E-state index contributed by atoms with van der Waals surface area (Å²) in [5.74, 6) is -1.72. The Bertz CT molecular complexity index is 1870. The maximum Gasteiger partial charge on any atom is 0.418 e. The number of benzene rings is 3. The Morgan fingerprint density at radius 1 is 1.12 bits per heavy atom. The number of H-pyrrole nitrogens is 1. The van der Waals surface area contributed by atoms with Gasteiger partial charge < -0.3 is 9.73 Å². The molecular formula is C28H18ClF4N5O3. The molecule has 0 radical (unpaired) electrons. The normalized spacial score (nSPS) is 11.9. The quantitative estimate of drug-likeness (QED) is 0.176. The van der Waals surface area contributed by atoms with Gasteiger partial charge in [0.25, 0.3) is 0 Å². The number of carbonyl (C=O) groups excluding carboxylic acids is 1. The van der Waals surface area contributed by atoms with Gasteiger partial charge >= 0.3 is 11.8 Å². The number of carbonyl (C=O) groups is 1. The minimum Gasteiger partial charge on any atom is -0.422 e. The summed E-state index contributed by atoms with van der Waals surface area (Å²) in [6.07, 6.45) is -2.24. The Morgan fingerprint density at radius 3 is 2.66 bits per heavy atom. The number of halogens is 5. The number of aryl methyl sites for hydroxylation is 1. The van der Waals surface area contributed by atoms with Crippen LogP contribution >= 0.6 is 11.6 Å². The predicted molar refractivity (Wildman–Crippen MR) is 145 cm³/mol. The Morgan fingerprint density at radius 2 is 1.93 bits per heavy atom. The molecule has 0 spiro atoms. The fourth-order valence-corrected chi connectivity index (χ4v) is 4.44. The van der Waals surface area contributed by atoms with Crippen LogP contribution in [0.25, 0.3) is 34.2 Å². The summed E-state index contributed by atoms with van der Waals surface area (Å²) in [5.41, 5.74) is -0.575. The van der Waals surface area contributed by atoms with E-state index < -0.39 is 41.2 Å². The summed E-state index contributed by atoms with van der Waals surface area (Å²) in [5, 5.41) is 16.5. The lowest BCUT2D eigenvalue weighted by Gasteiger charge is -2.16. The smallest absolute Gasteiger partial charge is 0.418 e. The molecule has 2 N–H and O–H groups in total. The fraction of sp³-hybridized carbons (Fsp3) is 0.107. The molecule has 0 aliphatic heterocycles. The third-order valence-corrected chi connectivity index (χ3v) is 6.55. The van der Waals surface area contributed by atoms with Gasteiger partial charge in [-0.15, -0.1) is 10.2 Å². The van der Waals surface area contributed by atoms with Crippen LogP contribution in [0.4, 0.5) is 23.2 Å². The number of aromatic nitrogens is 4.